The van der Waals surface area contributed by atoms with Crippen molar-refractivity contribution in [2.45, 2.75) is 38.5 Å². The van der Waals surface area contributed by atoms with Gasteiger partial charge in [-0.25, -0.2) is 9.20 Å². The summed E-state index contributed by atoms with van der Waals surface area (Å²) in [5.74, 6) is 1.02. The number of anilines is 1. The average molecular weight is 423 g/mol. The largest absolute Gasteiger partial charge is 0.479 e. The molecule has 1 aliphatic rings. The molecule has 4 aromatic rings. The maximum absolute atomic E-state index is 8.86. The number of aromatic nitrogens is 6. The van der Waals surface area contributed by atoms with Gasteiger partial charge in [0.1, 0.15) is 11.0 Å². The summed E-state index contributed by atoms with van der Waals surface area (Å²) in [6.45, 7) is 3.22. The minimum atomic E-state index is 0.0474. The van der Waals surface area contributed by atoms with Gasteiger partial charge in [-0.2, -0.15) is 4.98 Å². The van der Waals surface area contributed by atoms with Crippen LogP contribution in [0.2, 0.25) is 0 Å². The van der Waals surface area contributed by atoms with E-state index in [2.05, 4.69) is 31.8 Å². The summed E-state index contributed by atoms with van der Waals surface area (Å²) in [7, 11) is 1.62. The van der Waals surface area contributed by atoms with Crippen molar-refractivity contribution in [3.05, 3.63) is 30.5 Å². The number of ether oxygens (including phenoxy) is 2. The zero-order valence-corrected chi connectivity index (χ0v) is 17.5. The number of aryl methyl sites for hydroxylation is 1. The molecule has 2 N–H and O–H groups in total. The molecule has 10 nitrogen and oxygen atoms in total. The van der Waals surface area contributed by atoms with Gasteiger partial charge in [0.25, 0.3) is 0 Å². The third kappa shape index (κ3) is 3.57. The summed E-state index contributed by atoms with van der Waals surface area (Å²) in [6, 6.07) is 8.34. The topological polar surface area (TPSA) is 112 Å². The molecule has 0 radical (unpaired) electrons. The smallest absolute Gasteiger partial charge is 0.244 e. The van der Waals surface area contributed by atoms with Gasteiger partial charge in [-0.3, -0.25) is 0 Å². The van der Waals surface area contributed by atoms with E-state index in [0.29, 0.717) is 18.4 Å². The number of nitrogens with zero attached hydrogens (tertiary/aromatic N) is 6. The molecule has 1 saturated carbocycles. The molecule has 162 valence electrons. The first-order valence-electron chi connectivity index (χ1n) is 10.5. The second kappa shape index (κ2) is 8.12. The van der Waals surface area contributed by atoms with Gasteiger partial charge in [0.2, 0.25) is 11.8 Å². The van der Waals surface area contributed by atoms with E-state index in [9.17, 15) is 0 Å². The van der Waals surface area contributed by atoms with Crippen molar-refractivity contribution in [1.29, 1.82) is 0 Å². The molecule has 1 aliphatic carbocycles. The van der Waals surface area contributed by atoms with E-state index in [4.69, 9.17) is 14.6 Å². The van der Waals surface area contributed by atoms with Crippen LogP contribution in [0, 0.1) is 0 Å². The standard InChI is InChI=1S/C21H25N7O3/c1-3-27-18-10-13(4-5-17(18)24-26-27)16-6-7-28-19(16)20(30-2)23-21(25-28)22-14-11-15(12-14)31-9-8-29/h4-7,10,14-15,29H,3,8-9,11-12H2,1-2H3,(H,22,25). The van der Waals surface area contributed by atoms with Gasteiger partial charge in [-0.15, -0.1) is 10.2 Å². The first-order chi connectivity index (χ1) is 15.2. The number of fused-ring (bicyclic) bond motifs is 2. The fraction of sp³-hybridized carbons (Fsp3) is 0.429. The van der Waals surface area contributed by atoms with E-state index in [1.807, 2.05) is 36.0 Å². The van der Waals surface area contributed by atoms with E-state index in [0.717, 1.165) is 47.1 Å². The Balaban J connectivity index is 1.44. The van der Waals surface area contributed by atoms with Crippen LogP contribution in [0.25, 0.3) is 27.7 Å². The fourth-order valence-corrected chi connectivity index (χ4v) is 4.02. The number of hydrogen-bond donors (Lipinski definition) is 2. The summed E-state index contributed by atoms with van der Waals surface area (Å²) in [5.41, 5.74) is 4.67. The minimum absolute atomic E-state index is 0.0474. The molecule has 10 heteroatoms. The highest BCUT2D eigenvalue weighted by molar-refractivity contribution is 5.89. The Bertz CT molecular complexity index is 1210. The van der Waals surface area contributed by atoms with Crippen molar-refractivity contribution in [2.75, 3.05) is 25.6 Å². The van der Waals surface area contributed by atoms with Crippen LogP contribution < -0.4 is 10.1 Å². The van der Waals surface area contributed by atoms with Crippen LogP contribution in [0.3, 0.4) is 0 Å². The molecule has 0 amide bonds. The molecule has 1 aromatic carbocycles. The summed E-state index contributed by atoms with van der Waals surface area (Å²) in [6.07, 6.45) is 3.81. The number of rotatable bonds is 8. The second-order valence-corrected chi connectivity index (χ2v) is 7.61. The lowest BCUT2D eigenvalue weighted by Gasteiger charge is -2.35. The van der Waals surface area contributed by atoms with Crippen molar-refractivity contribution in [3.8, 4) is 17.0 Å². The molecule has 0 unspecified atom stereocenters. The van der Waals surface area contributed by atoms with E-state index >= 15 is 0 Å². The third-order valence-electron chi connectivity index (χ3n) is 5.67. The number of nitrogens with one attached hydrogen (secondary N) is 1. The average Bonchev–Trinajstić information content (AvgIpc) is 3.38. The maximum atomic E-state index is 8.86. The molecule has 1 fully saturated rings. The molecule has 31 heavy (non-hydrogen) atoms. The zero-order valence-electron chi connectivity index (χ0n) is 17.5. The lowest BCUT2D eigenvalue weighted by molar-refractivity contribution is -0.0196. The Morgan fingerprint density at radius 3 is 2.90 bits per heavy atom. The normalized spacial score (nSPS) is 18.4. The quantitative estimate of drug-likeness (QED) is 0.443. The van der Waals surface area contributed by atoms with Crippen molar-refractivity contribution < 1.29 is 14.6 Å². The zero-order chi connectivity index (χ0) is 21.4. The van der Waals surface area contributed by atoms with Crippen LogP contribution in [0.15, 0.2) is 30.5 Å². The van der Waals surface area contributed by atoms with Gasteiger partial charge in [-0.1, -0.05) is 11.3 Å². The van der Waals surface area contributed by atoms with Crippen LogP contribution in [-0.4, -0.2) is 67.2 Å². The summed E-state index contributed by atoms with van der Waals surface area (Å²) in [4.78, 5) is 4.60. The molecular weight excluding hydrogens is 398 g/mol. The Kier molecular flexibility index (Phi) is 5.16. The van der Waals surface area contributed by atoms with Crippen LogP contribution in [-0.2, 0) is 11.3 Å². The van der Waals surface area contributed by atoms with Crippen molar-refractivity contribution in [3.63, 3.8) is 0 Å². The first-order valence-corrected chi connectivity index (χ1v) is 10.5. The lowest BCUT2D eigenvalue weighted by Crippen LogP contribution is -2.41. The summed E-state index contributed by atoms with van der Waals surface area (Å²) < 4.78 is 14.8. The Hall–Kier alpha value is -3.24. The molecule has 3 heterocycles. The van der Waals surface area contributed by atoms with E-state index in [1.165, 1.54) is 0 Å². The van der Waals surface area contributed by atoms with Gasteiger partial charge < -0.3 is 19.9 Å². The number of aliphatic hydroxyl groups excluding tert-OH is 1. The third-order valence-corrected chi connectivity index (χ3v) is 5.67. The highest BCUT2D eigenvalue weighted by atomic mass is 16.5. The SMILES string of the molecule is CCn1nnc2ccc(-c3ccn4nc(NC5CC(OCCO)C5)nc(OC)c34)cc21. The van der Waals surface area contributed by atoms with Gasteiger partial charge in [-0.05, 0) is 43.5 Å². The van der Waals surface area contributed by atoms with Crippen LogP contribution in [0.1, 0.15) is 19.8 Å². The highest BCUT2D eigenvalue weighted by Gasteiger charge is 2.30. The van der Waals surface area contributed by atoms with Gasteiger partial charge in [0.05, 0.1) is 31.9 Å². The van der Waals surface area contributed by atoms with Crippen molar-refractivity contribution in [1.82, 2.24) is 29.6 Å². The number of benzene rings is 1. The highest BCUT2D eigenvalue weighted by Crippen LogP contribution is 2.33. The molecule has 0 aliphatic heterocycles. The predicted octanol–water partition coefficient (Wildman–Crippen LogP) is 2.12. The monoisotopic (exact) mass is 423 g/mol. The molecule has 5 rings (SSSR count). The number of methoxy groups -OCH3 is 1. The van der Waals surface area contributed by atoms with Crippen molar-refractivity contribution in [2.24, 2.45) is 0 Å². The maximum Gasteiger partial charge on any atom is 0.244 e. The minimum Gasteiger partial charge on any atom is -0.479 e. The molecule has 3 aromatic heterocycles. The van der Waals surface area contributed by atoms with E-state index < -0.39 is 0 Å². The van der Waals surface area contributed by atoms with Crippen molar-refractivity contribution >= 4 is 22.5 Å². The van der Waals surface area contributed by atoms with Gasteiger partial charge in [0.15, 0.2) is 0 Å². The Morgan fingerprint density at radius 2 is 2.13 bits per heavy atom. The molecule has 0 bridgehead atoms. The Labute approximate surface area is 178 Å². The van der Waals surface area contributed by atoms with E-state index in [1.54, 1.807) is 11.6 Å². The van der Waals surface area contributed by atoms with Gasteiger partial charge >= 0.3 is 0 Å². The Morgan fingerprint density at radius 1 is 1.26 bits per heavy atom. The summed E-state index contributed by atoms with van der Waals surface area (Å²) >= 11 is 0. The van der Waals surface area contributed by atoms with Crippen LogP contribution >= 0.6 is 0 Å². The molecule has 0 atom stereocenters. The predicted molar refractivity (Wildman–Crippen MR) is 115 cm³/mol. The van der Waals surface area contributed by atoms with E-state index in [-0.39, 0.29) is 18.8 Å². The lowest BCUT2D eigenvalue weighted by atomic mass is 9.89. The number of hydrogen-bond acceptors (Lipinski definition) is 8. The van der Waals surface area contributed by atoms with Crippen LogP contribution in [0.5, 0.6) is 5.88 Å². The fourth-order valence-electron chi connectivity index (χ4n) is 4.02. The second-order valence-electron chi connectivity index (χ2n) is 7.61. The summed E-state index contributed by atoms with van der Waals surface area (Å²) in [5, 5.41) is 25.2. The molecular formula is C21H25N7O3. The first kappa shape index (κ1) is 19.7. The number of aliphatic hydroxyl groups is 1. The molecule has 0 saturated heterocycles. The molecule has 0 spiro atoms. The van der Waals surface area contributed by atoms with Gasteiger partial charge in [0, 0.05) is 24.3 Å². The van der Waals surface area contributed by atoms with Crippen LogP contribution in [0.4, 0.5) is 5.95 Å².